The van der Waals surface area contributed by atoms with Crippen molar-refractivity contribution in [1.82, 2.24) is 9.97 Å². The maximum Gasteiger partial charge on any atom is 0.229 e. The Morgan fingerprint density at radius 1 is 0.967 bits per heavy atom. The predicted molar refractivity (Wildman–Crippen MR) is 125 cm³/mol. The van der Waals surface area contributed by atoms with E-state index in [0.717, 1.165) is 35.2 Å². The molecule has 30 heavy (non-hydrogen) atoms. The summed E-state index contributed by atoms with van der Waals surface area (Å²) in [5.74, 6) is 2.62. The molecule has 0 bridgehead atoms. The number of hydrogen-bond donors (Lipinski definition) is 2. The smallest absolute Gasteiger partial charge is 0.229 e. The van der Waals surface area contributed by atoms with Crippen LogP contribution >= 0.6 is 24.0 Å². The Kier molecular flexibility index (Phi) is 7.45. The Bertz CT molecular complexity index is 1010. The minimum Gasteiger partial charge on any atom is -0.495 e. The second-order valence-electron chi connectivity index (χ2n) is 7.21. The summed E-state index contributed by atoms with van der Waals surface area (Å²) in [7, 11) is 3.25. The Hall–Kier alpha value is -2.44. The third-order valence-corrected chi connectivity index (χ3v) is 5.57. The van der Waals surface area contributed by atoms with Crippen molar-refractivity contribution >= 4 is 52.4 Å². The van der Waals surface area contributed by atoms with E-state index >= 15 is 0 Å². The monoisotopic (exact) mass is 448 g/mol. The van der Waals surface area contributed by atoms with Crippen LogP contribution < -0.4 is 20.1 Å². The fraction of sp³-hybridized carbons (Fsp3) is 0.364. The number of para-hydroxylation sites is 1. The van der Waals surface area contributed by atoms with E-state index < -0.39 is 0 Å². The summed E-state index contributed by atoms with van der Waals surface area (Å²) in [6.45, 7) is 0. The lowest BCUT2D eigenvalue weighted by molar-refractivity contribution is 0.415. The predicted octanol–water partition coefficient (Wildman–Crippen LogP) is 6.21. The molecule has 160 valence electrons. The van der Waals surface area contributed by atoms with Gasteiger partial charge < -0.3 is 20.1 Å². The zero-order valence-corrected chi connectivity index (χ0v) is 18.6. The van der Waals surface area contributed by atoms with E-state index in [1.807, 2.05) is 30.3 Å². The molecule has 0 saturated heterocycles. The third kappa shape index (κ3) is 4.82. The van der Waals surface area contributed by atoms with Gasteiger partial charge in [0.25, 0.3) is 0 Å². The summed E-state index contributed by atoms with van der Waals surface area (Å²) in [5.41, 5.74) is 1.57. The molecule has 0 aliphatic heterocycles. The first-order valence-electron chi connectivity index (χ1n) is 9.90. The normalized spacial score (nSPS) is 14.1. The van der Waals surface area contributed by atoms with Crippen molar-refractivity contribution in [1.29, 1.82) is 0 Å². The number of benzene rings is 2. The fourth-order valence-electron chi connectivity index (χ4n) is 3.76. The van der Waals surface area contributed by atoms with Crippen molar-refractivity contribution in [3.05, 3.63) is 41.4 Å². The van der Waals surface area contributed by atoms with E-state index in [1.165, 1.54) is 19.3 Å². The highest BCUT2D eigenvalue weighted by Gasteiger charge is 2.18. The Morgan fingerprint density at radius 3 is 2.47 bits per heavy atom. The van der Waals surface area contributed by atoms with E-state index in [4.69, 9.17) is 31.0 Å². The first-order chi connectivity index (χ1) is 14.2. The largest absolute Gasteiger partial charge is 0.495 e. The number of ether oxygens (including phenoxy) is 2. The van der Waals surface area contributed by atoms with E-state index in [-0.39, 0.29) is 12.4 Å². The van der Waals surface area contributed by atoms with Crippen LogP contribution in [0.1, 0.15) is 32.1 Å². The van der Waals surface area contributed by atoms with Gasteiger partial charge in [0.2, 0.25) is 5.95 Å². The van der Waals surface area contributed by atoms with Gasteiger partial charge in [-0.15, -0.1) is 12.4 Å². The second-order valence-corrected chi connectivity index (χ2v) is 7.61. The number of nitrogens with one attached hydrogen (secondary N) is 2. The van der Waals surface area contributed by atoms with Crippen molar-refractivity contribution in [3.8, 4) is 11.5 Å². The van der Waals surface area contributed by atoms with Gasteiger partial charge >= 0.3 is 0 Å². The van der Waals surface area contributed by atoms with Gasteiger partial charge in [-0.1, -0.05) is 36.9 Å². The highest BCUT2D eigenvalue weighted by molar-refractivity contribution is 6.32. The van der Waals surface area contributed by atoms with Crippen LogP contribution in [0.4, 0.5) is 17.5 Å². The fourth-order valence-corrected chi connectivity index (χ4v) is 3.96. The van der Waals surface area contributed by atoms with Crippen molar-refractivity contribution < 1.29 is 9.47 Å². The maximum absolute atomic E-state index is 6.14. The second kappa shape index (κ2) is 10.0. The molecule has 8 heteroatoms. The summed E-state index contributed by atoms with van der Waals surface area (Å²) < 4.78 is 10.9. The number of fused-ring (bicyclic) bond motifs is 1. The molecular formula is C22H26Cl2N4O2. The lowest BCUT2D eigenvalue weighted by Crippen LogP contribution is -2.23. The van der Waals surface area contributed by atoms with Crippen LogP contribution in [0.2, 0.25) is 5.02 Å². The molecule has 2 N–H and O–H groups in total. The van der Waals surface area contributed by atoms with Gasteiger partial charge in [-0.05, 0) is 37.1 Å². The van der Waals surface area contributed by atoms with Crippen molar-refractivity contribution in [2.75, 3.05) is 24.9 Å². The first kappa shape index (κ1) is 22.2. The van der Waals surface area contributed by atoms with E-state index in [9.17, 15) is 0 Å². The molecule has 0 spiro atoms. The van der Waals surface area contributed by atoms with E-state index in [0.29, 0.717) is 28.5 Å². The van der Waals surface area contributed by atoms with Gasteiger partial charge in [0.15, 0.2) is 0 Å². The molecule has 0 atom stereocenters. The summed E-state index contributed by atoms with van der Waals surface area (Å²) in [4.78, 5) is 9.49. The number of rotatable bonds is 6. The van der Waals surface area contributed by atoms with Crippen LogP contribution in [-0.2, 0) is 0 Å². The van der Waals surface area contributed by atoms with Crippen molar-refractivity contribution in [3.63, 3.8) is 0 Å². The highest BCUT2D eigenvalue weighted by Crippen LogP contribution is 2.33. The van der Waals surface area contributed by atoms with Gasteiger partial charge in [-0.3, -0.25) is 0 Å². The van der Waals surface area contributed by atoms with Gasteiger partial charge in [-0.25, -0.2) is 4.98 Å². The lowest BCUT2D eigenvalue weighted by atomic mass is 9.95. The van der Waals surface area contributed by atoms with Crippen molar-refractivity contribution in [2.45, 2.75) is 38.1 Å². The molecule has 2 aromatic carbocycles. The Morgan fingerprint density at radius 2 is 1.73 bits per heavy atom. The average Bonchev–Trinajstić information content (AvgIpc) is 2.75. The van der Waals surface area contributed by atoms with Crippen LogP contribution in [0, 0.1) is 0 Å². The quantitative estimate of drug-likeness (QED) is 0.466. The molecule has 3 aromatic rings. The molecule has 1 aromatic heterocycles. The highest BCUT2D eigenvalue weighted by atomic mass is 35.5. The van der Waals surface area contributed by atoms with Gasteiger partial charge in [0.05, 0.1) is 19.2 Å². The van der Waals surface area contributed by atoms with Crippen LogP contribution in [0.3, 0.4) is 0 Å². The molecule has 1 aliphatic rings. The molecule has 1 saturated carbocycles. The van der Waals surface area contributed by atoms with Crippen LogP contribution in [-0.4, -0.2) is 30.2 Å². The molecule has 1 fully saturated rings. The molecule has 0 unspecified atom stereocenters. The number of nitrogens with zero attached hydrogens (tertiary/aromatic N) is 2. The number of methoxy groups -OCH3 is 2. The summed E-state index contributed by atoms with van der Waals surface area (Å²) in [6.07, 6.45) is 6.13. The maximum atomic E-state index is 6.14. The Labute approximate surface area is 187 Å². The number of aromatic nitrogens is 2. The molecule has 6 nitrogen and oxygen atoms in total. The van der Waals surface area contributed by atoms with Crippen LogP contribution in [0.25, 0.3) is 10.9 Å². The molecular weight excluding hydrogens is 423 g/mol. The Balaban J connectivity index is 0.00000256. The average molecular weight is 449 g/mol. The van der Waals surface area contributed by atoms with Gasteiger partial charge in [-0.2, -0.15) is 4.98 Å². The number of hydrogen-bond acceptors (Lipinski definition) is 6. The number of anilines is 3. The summed E-state index contributed by atoms with van der Waals surface area (Å²) in [5, 5.41) is 8.42. The summed E-state index contributed by atoms with van der Waals surface area (Å²) in [6, 6.07) is 11.8. The zero-order valence-electron chi connectivity index (χ0n) is 17.1. The van der Waals surface area contributed by atoms with E-state index in [1.54, 1.807) is 20.3 Å². The molecule has 0 amide bonds. The minimum absolute atomic E-state index is 0. The minimum atomic E-state index is 0. The van der Waals surface area contributed by atoms with Gasteiger partial charge in [0.1, 0.15) is 22.8 Å². The van der Waals surface area contributed by atoms with Gasteiger partial charge in [0, 0.05) is 23.2 Å². The molecule has 1 heterocycles. The standard InChI is InChI=1S/C22H25ClN4O2.ClH/c1-28-18-10-6-9-16-20(18)26-22(25-15-11-12-17(23)19(13-15)29-2)27-21(16)24-14-7-4-3-5-8-14;/h6,9-14H,3-5,7-8H2,1-2H3,(H2,24,25,26,27);1H. The zero-order chi connectivity index (χ0) is 20.2. The third-order valence-electron chi connectivity index (χ3n) is 5.26. The number of halogens is 2. The molecule has 1 aliphatic carbocycles. The SMILES string of the molecule is COc1cc(Nc2nc(NC3CCCCC3)c3cccc(OC)c3n2)ccc1Cl.Cl. The topological polar surface area (TPSA) is 68.3 Å². The van der Waals surface area contributed by atoms with E-state index in [2.05, 4.69) is 10.6 Å². The lowest BCUT2D eigenvalue weighted by Gasteiger charge is -2.24. The van der Waals surface area contributed by atoms with Crippen LogP contribution in [0.5, 0.6) is 11.5 Å². The summed E-state index contributed by atoms with van der Waals surface area (Å²) >= 11 is 6.14. The molecule has 0 radical (unpaired) electrons. The van der Waals surface area contributed by atoms with Crippen molar-refractivity contribution in [2.24, 2.45) is 0 Å². The first-order valence-corrected chi connectivity index (χ1v) is 10.3. The van der Waals surface area contributed by atoms with Crippen LogP contribution in [0.15, 0.2) is 36.4 Å². The molecule has 4 rings (SSSR count).